The van der Waals surface area contributed by atoms with Crippen molar-refractivity contribution in [2.75, 3.05) is 33.3 Å². The molecular formula is C13H22N4O. The zero-order chi connectivity index (χ0) is 12.8. The lowest BCUT2D eigenvalue weighted by atomic mass is 10.0. The summed E-state index contributed by atoms with van der Waals surface area (Å²) >= 11 is 0. The Morgan fingerprint density at radius 3 is 2.94 bits per heavy atom. The standard InChI is InChI=1S/C13H22N4O/c1-3-4-17-5-6-18-12(9-17)13(14-2)11-7-15-10-16-8-11/h7-8,10,12-14H,3-6,9H2,1-2H3. The monoisotopic (exact) mass is 250 g/mol. The van der Waals surface area contributed by atoms with Crippen molar-refractivity contribution in [2.24, 2.45) is 0 Å². The molecule has 100 valence electrons. The normalized spacial score (nSPS) is 22.9. The number of likely N-dealkylation sites (N-methyl/N-ethyl adjacent to an activating group) is 1. The van der Waals surface area contributed by atoms with Crippen LogP contribution in [0.25, 0.3) is 0 Å². The highest BCUT2D eigenvalue weighted by Gasteiger charge is 2.28. The summed E-state index contributed by atoms with van der Waals surface area (Å²) in [5, 5.41) is 3.32. The lowest BCUT2D eigenvalue weighted by Crippen LogP contribution is -2.47. The molecule has 1 N–H and O–H groups in total. The van der Waals surface area contributed by atoms with Crippen molar-refractivity contribution in [2.45, 2.75) is 25.5 Å². The first kappa shape index (κ1) is 13.4. The summed E-state index contributed by atoms with van der Waals surface area (Å²) in [6.07, 6.45) is 6.63. The summed E-state index contributed by atoms with van der Waals surface area (Å²) in [5.41, 5.74) is 1.09. The molecular weight excluding hydrogens is 228 g/mol. The maximum absolute atomic E-state index is 5.90. The van der Waals surface area contributed by atoms with E-state index in [2.05, 4.69) is 27.1 Å². The third-order valence-electron chi connectivity index (χ3n) is 3.34. The van der Waals surface area contributed by atoms with Crippen LogP contribution in [0.4, 0.5) is 0 Å². The van der Waals surface area contributed by atoms with Crippen molar-refractivity contribution in [1.82, 2.24) is 20.2 Å². The molecule has 0 saturated carbocycles. The van der Waals surface area contributed by atoms with E-state index in [4.69, 9.17) is 4.74 Å². The van der Waals surface area contributed by atoms with E-state index >= 15 is 0 Å². The fourth-order valence-electron chi connectivity index (χ4n) is 2.49. The van der Waals surface area contributed by atoms with Crippen LogP contribution in [0.3, 0.4) is 0 Å². The van der Waals surface area contributed by atoms with Gasteiger partial charge >= 0.3 is 0 Å². The number of rotatable bonds is 5. The molecule has 2 heterocycles. The van der Waals surface area contributed by atoms with Gasteiger partial charge in [-0.25, -0.2) is 9.97 Å². The van der Waals surface area contributed by atoms with Gasteiger partial charge in [-0.15, -0.1) is 0 Å². The van der Waals surface area contributed by atoms with Gasteiger partial charge in [0, 0.05) is 31.0 Å². The molecule has 2 rings (SSSR count). The zero-order valence-electron chi connectivity index (χ0n) is 11.2. The Bertz CT molecular complexity index is 344. The first-order valence-corrected chi connectivity index (χ1v) is 6.61. The Balaban J connectivity index is 2.03. The van der Waals surface area contributed by atoms with Crippen LogP contribution in [0.15, 0.2) is 18.7 Å². The van der Waals surface area contributed by atoms with Crippen LogP contribution in [0, 0.1) is 0 Å². The molecule has 0 radical (unpaired) electrons. The Hall–Kier alpha value is -1.04. The smallest absolute Gasteiger partial charge is 0.115 e. The minimum atomic E-state index is 0.158. The highest BCUT2D eigenvalue weighted by Crippen LogP contribution is 2.21. The van der Waals surface area contributed by atoms with E-state index in [0.717, 1.165) is 31.8 Å². The second kappa shape index (κ2) is 6.78. The van der Waals surface area contributed by atoms with Crippen LogP contribution in [-0.4, -0.2) is 54.3 Å². The van der Waals surface area contributed by atoms with E-state index in [0.29, 0.717) is 0 Å². The van der Waals surface area contributed by atoms with E-state index in [1.54, 1.807) is 6.33 Å². The fourth-order valence-corrected chi connectivity index (χ4v) is 2.49. The summed E-state index contributed by atoms with van der Waals surface area (Å²) in [6.45, 7) is 6.16. The van der Waals surface area contributed by atoms with Gasteiger partial charge in [-0.05, 0) is 20.0 Å². The van der Waals surface area contributed by atoms with Gasteiger partial charge in [0.05, 0.1) is 18.8 Å². The molecule has 5 heteroatoms. The third kappa shape index (κ3) is 3.25. The lowest BCUT2D eigenvalue weighted by Gasteiger charge is -2.36. The average molecular weight is 250 g/mol. The summed E-state index contributed by atoms with van der Waals surface area (Å²) in [7, 11) is 1.96. The Kier molecular flexibility index (Phi) is 5.04. The maximum Gasteiger partial charge on any atom is 0.115 e. The van der Waals surface area contributed by atoms with Crippen molar-refractivity contribution in [3.63, 3.8) is 0 Å². The van der Waals surface area contributed by atoms with Crippen LogP contribution in [0.2, 0.25) is 0 Å². The number of morpholine rings is 1. The van der Waals surface area contributed by atoms with Crippen molar-refractivity contribution in [3.8, 4) is 0 Å². The Morgan fingerprint density at radius 1 is 1.50 bits per heavy atom. The molecule has 1 saturated heterocycles. The van der Waals surface area contributed by atoms with Crippen LogP contribution in [0.5, 0.6) is 0 Å². The number of nitrogens with one attached hydrogen (secondary N) is 1. The number of nitrogens with zero attached hydrogens (tertiary/aromatic N) is 3. The predicted molar refractivity (Wildman–Crippen MR) is 70.3 cm³/mol. The highest BCUT2D eigenvalue weighted by atomic mass is 16.5. The molecule has 18 heavy (non-hydrogen) atoms. The summed E-state index contributed by atoms with van der Waals surface area (Å²) in [5.74, 6) is 0. The van der Waals surface area contributed by atoms with Crippen LogP contribution >= 0.6 is 0 Å². The van der Waals surface area contributed by atoms with E-state index in [1.165, 1.54) is 6.42 Å². The second-order valence-corrected chi connectivity index (χ2v) is 4.65. The van der Waals surface area contributed by atoms with Gasteiger partial charge in [0.15, 0.2) is 0 Å². The molecule has 5 nitrogen and oxygen atoms in total. The minimum Gasteiger partial charge on any atom is -0.374 e. The topological polar surface area (TPSA) is 50.3 Å². The van der Waals surface area contributed by atoms with Gasteiger partial charge in [0.1, 0.15) is 6.33 Å². The summed E-state index contributed by atoms with van der Waals surface area (Å²) in [4.78, 5) is 10.6. The maximum atomic E-state index is 5.90. The van der Waals surface area contributed by atoms with Crippen LogP contribution < -0.4 is 5.32 Å². The van der Waals surface area contributed by atoms with Crippen LogP contribution in [0.1, 0.15) is 24.9 Å². The van der Waals surface area contributed by atoms with Crippen LogP contribution in [-0.2, 0) is 4.74 Å². The largest absolute Gasteiger partial charge is 0.374 e. The Morgan fingerprint density at radius 2 is 2.28 bits per heavy atom. The molecule has 0 bridgehead atoms. The van der Waals surface area contributed by atoms with E-state index in [-0.39, 0.29) is 12.1 Å². The highest BCUT2D eigenvalue weighted by molar-refractivity contribution is 5.11. The van der Waals surface area contributed by atoms with Gasteiger partial charge < -0.3 is 10.1 Å². The molecule has 1 aromatic rings. The molecule has 0 aromatic carbocycles. The van der Waals surface area contributed by atoms with Crippen molar-refractivity contribution < 1.29 is 4.74 Å². The van der Waals surface area contributed by atoms with E-state index in [1.807, 2.05) is 19.4 Å². The third-order valence-corrected chi connectivity index (χ3v) is 3.34. The predicted octanol–water partition coefficient (Wildman–Crippen LogP) is 0.848. The molecule has 2 atom stereocenters. The SMILES string of the molecule is CCCN1CCOC(C(NC)c2cncnc2)C1. The molecule has 2 unspecified atom stereocenters. The fraction of sp³-hybridized carbons (Fsp3) is 0.692. The molecule has 1 fully saturated rings. The van der Waals surface area contributed by atoms with Crippen molar-refractivity contribution in [1.29, 1.82) is 0 Å². The lowest BCUT2D eigenvalue weighted by molar-refractivity contribution is -0.0460. The molecule has 1 aliphatic rings. The van der Waals surface area contributed by atoms with Crippen molar-refractivity contribution in [3.05, 3.63) is 24.3 Å². The first-order chi connectivity index (χ1) is 8.85. The second-order valence-electron chi connectivity index (χ2n) is 4.65. The molecule has 1 aliphatic heterocycles. The van der Waals surface area contributed by atoms with Gasteiger partial charge in [-0.1, -0.05) is 6.92 Å². The number of aromatic nitrogens is 2. The van der Waals surface area contributed by atoms with E-state index < -0.39 is 0 Å². The Labute approximate surface area is 109 Å². The minimum absolute atomic E-state index is 0.158. The number of ether oxygens (including phenoxy) is 1. The van der Waals surface area contributed by atoms with Crippen molar-refractivity contribution >= 4 is 0 Å². The van der Waals surface area contributed by atoms with Gasteiger partial charge in [0.2, 0.25) is 0 Å². The summed E-state index contributed by atoms with van der Waals surface area (Å²) in [6, 6.07) is 0.158. The zero-order valence-corrected chi connectivity index (χ0v) is 11.2. The number of hydrogen-bond donors (Lipinski definition) is 1. The quantitative estimate of drug-likeness (QED) is 0.839. The summed E-state index contributed by atoms with van der Waals surface area (Å²) < 4.78 is 5.90. The van der Waals surface area contributed by atoms with Gasteiger partial charge in [-0.3, -0.25) is 4.90 Å². The van der Waals surface area contributed by atoms with Gasteiger partial charge in [-0.2, -0.15) is 0 Å². The molecule has 0 aliphatic carbocycles. The molecule has 0 amide bonds. The molecule has 0 spiro atoms. The average Bonchev–Trinajstić information content (AvgIpc) is 2.42. The molecule has 1 aromatic heterocycles. The number of hydrogen-bond acceptors (Lipinski definition) is 5. The van der Waals surface area contributed by atoms with E-state index in [9.17, 15) is 0 Å². The first-order valence-electron chi connectivity index (χ1n) is 6.61. The van der Waals surface area contributed by atoms with Gasteiger partial charge in [0.25, 0.3) is 0 Å².